The van der Waals surface area contributed by atoms with Crippen LogP contribution >= 0.6 is 22.9 Å². The van der Waals surface area contributed by atoms with Gasteiger partial charge in [0.25, 0.3) is 11.9 Å². The SMILES string of the molecule is NC1=NC(c2cc(NC(=O)c3ccc(Cl)s3)ccc2F)CCO1. The van der Waals surface area contributed by atoms with E-state index in [1.807, 2.05) is 0 Å². The van der Waals surface area contributed by atoms with E-state index in [1.165, 1.54) is 23.5 Å². The quantitative estimate of drug-likeness (QED) is 0.885. The molecule has 0 saturated carbocycles. The summed E-state index contributed by atoms with van der Waals surface area (Å²) in [6, 6.07) is 7.27. The first-order valence-corrected chi connectivity index (χ1v) is 8.04. The van der Waals surface area contributed by atoms with Crippen molar-refractivity contribution in [3.63, 3.8) is 0 Å². The Hall–Kier alpha value is -2.12. The van der Waals surface area contributed by atoms with Crippen molar-refractivity contribution in [2.24, 2.45) is 10.7 Å². The molecule has 23 heavy (non-hydrogen) atoms. The molecule has 8 heteroatoms. The zero-order valence-corrected chi connectivity index (χ0v) is 13.5. The molecule has 0 aliphatic carbocycles. The molecular formula is C15H13ClFN3O2S. The van der Waals surface area contributed by atoms with Gasteiger partial charge in [-0.2, -0.15) is 0 Å². The number of amides is 1. The molecule has 5 nitrogen and oxygen atoms in total. The van der Waals surface area contributed by atoms with Gasteiger partial charge in [0.2, 0.25) is 0 Å². The summed E-state index contributed by atoms with van der Waals surface area (Å²) >= 11 is 6.99. The highest BCUT2D eigenvalue weighted by atomic mass is 35.5. The molecular weight excluding hydrogens is 341 g/mol. The van der Waals surface area contributed by atoms with E-state index in [9.17, 15) is 9.18 Å². The van der Waals surface area contributed by atoms with Gasteiger partial charge in [-0.1, -0.05) is 11.6 Å². The van der Waals surface area contributed by atoms with Crippen LogP contribution < -0.4 is 11.1 Å². The Labute approximate surface area is 140 Å². The zero-order valence-electron chi connectivity index (χ0n) is 11.9. The number of nitrogens with one attached hydrogen (secondary N) is 1. The number of rotatable bonds is 3. The van der Waals surface area contributed by atoms with E-state index in [0.29, 0.717) is 33.5 Å². The number of carbonyl (C=O) groups is 1. The summed E-state index contributed by atoms with van der Waals surface area (Å²) in [5.41, 5.74) is 6.39. The summed E-state index contributed by atoms with van der Waals surface area (Å²) in [5.74, 6) is -0.694. The van der Waals surface area contributed by atoms with Crippen molar-refractivity contribution >= 4 is 40.6 Å². The molecule has 120 valence electrons. The first-order valence-electron chi connectivity index (χ1n) is 6.85. The van der Waals surface area contributed by atoms with Crippen LogP contribution in [0.1, 0.15) is 27.7 Å². The van der Waals surface area contributed by atoms with Gasteiger partial charge in [-0.25, -0.2) is 9.38 Å². The van der Waals surface area contributed by atoms with Gasteiger partial charge in [0, 0.05) is 17.7 Å². The number of carbonyl (C=O) groups excluding carboxylic acids is 1. The number of hydrogen-bond acceptors (Lipinski definition) is 5. The third-order valence-electron chi connectivity index (χ3n) is 3.33. The van der Waals surface area contributed by atoms with Crippen LogP contribution in [0.2, 0.25) is 4.34 Å². The minimum Gasteiger partial charge on any atom is -0.465 e. The Morgan fingerprint density at radius 1 is 1.43 bits per heavy atom. The van der Waals surface area contributed by atoms with Crippen LogP contribution in [0.5, 0.6) is 0 Å². The van der Waals surface area contributed by atoms with E-state index >= 15 is 0 Å². The van der Waals surface area contributed by atoms with Crippen molar-refractivity contribution in [3.05, 3.63) is 50.9 Å². The normalized spacial score (nSPS) is 17.3. The standard InChI is InChI=1S/C15H13ClFN3O2S/c16-13-4-3-12(23-13)14(21)19-8-1-2-10(17)9(7-8)11-5-6-22-15(18)20-11/h1-4,7,11H,5-6H2,(H2,18,20)(H,19,21). The smallest absolute Gasteiger partial charge is 0.282 e. The van der Waals surface area contributed by atoms with Crippen LogP contribution in [0.15, 0.2) is 35.3 Å². The van der Waals surface area contributed by atoms with E-state index in [1.54, 1.807) is 18.2 Å². The summed E-state index contributed by atoms with van der Waals surface area (Å²) in [6.45, 7) is 0.379. The highest BCUT2D eigenvalue weighted by Crippen LogP contribution is 2.29. The molecule has 0 spiro atoms. The zero-order chi connectivity index (χ0) is 16.4. The topological polar surface area (TPSA) is 76.7 Å². The van der Waals surface area contributed by atoms with Crippen molar-refractivity contribution in [3.8, 4) is 0 Å². The molecule has 1 aromatic carbocycles. The van der Waals surface area contributed by atoms with Crippen molar-refractivity contribution in [1.82, 2.24) is 0 Å². The van der Waals surface area contributed by atoms with Crippen molar-refractivity contribution < 1.29 is 13.9 Å². The summed E-state index contributed by atoms with van der Waals surface area (Å²) in [5, 5.41) is 2.72. The fraction of sp³-hybridized carbons (Fsp3) is 0.200. The summed E-state index contributed by atoms with van der Waals surface area (Å²) < 4.78 is 19.6. The van der Waals surface area contributed by atoms with Crippen LogP contribution in [0.3, 0.4) is 0 Å². The molecule has 3 rings (SSSR count). The van der Waals surface area contributed by atoms with Gasteiger partial charge in [-0.3, -0.25) is 4.79 Å². The number of halogens is 2. The second kappa shape index (κ2) is 6.55. The molecule has 1 amide bonds. The van der Waals surface area contributed by atoms with Crippen molar-refractivity contribution in [2.45, 2.75) is 12.5 Å². The fourth-order valence-corrected chi connectivity index (χ4v) is 3.20. The number of anilines is 1. The number of amidine groups is 1. The highest BCUT2D eigenvalue weighted by molar-refractivity contribution is 7.18. The minimum atomic E-state index is -0.420. The van der Waals surface area contributed by atoms with Crippen LogP contribution in [0, 0.1) is 5.82 Å². The monoisotopic (exact) mass is 353 g/mol. The molecule has 0 bridgehead atoms. The largest absolute Gasteiger partial charge is 0.465 e. The van der Waals surface area contributed by atoms with E-state index in [4.69, 9.17) is 22.1 Å². The molecule has 0 fully saturated rings. The lowest BCUT2D eigenvalue weighted by atomic mass is 10.0. The molecule has 0 radical (unpaired) electrons. The molecule has 1 aliphatic heterocycles. The maximum Gasteiger partial charge on any atom is 0.282 e. The third kappa shape index (κ3) is 3.62. The third-order valence-corrected chi connectivity index (χ3v) is 4.56. The molecule has 1 atom stereocenters. The molecule has 1 unspecified atom stereocenters. The number of nitrogens with two attached hydrogens (primary N) is 1. The van der Waals surface area contributed by atoms with Crippen LogP contribution in [-0.4, -0.2) is 18.5 Å². The van der Waals surface area contributed by atoms with Gasteiger partial charge in [0.1, 0.15) is 5.82 Å². The highest BCUT2D eigenvalue weighted by Gasteiger charge is 2.20. The van der Waals surface area contributed by atoms with Gasteiger partial charge < -0.3 is 15.8 Å². The number of ether oxygens (including phenoxy) is 1. The first-order chi connectivity index (χ1) is 11.0. The van der Waals surface area contributed by atoms with Crippen LogP contribution in [0.4, 0.5) is 10.1 Å². The van der Waals surface area contributed by atoms with Gasteiger partial charge >= 0.3 is 0 Å². The number of hydrogen-bond donors (Lipinski definition) is 2. The lowest BCUT2D eigenvalue weighted by Gasteiger charge is -2.20. The summed E-state index contributed by atoms with van der Waals surface area (Å²) in [4.78, 5) is 16.7. The lowest BCUT2D eigenvalue weighted by Crippen LogP contribution is -2.24. The van der Waals surface area contributed by atoms with Crippen molar-refractivity contribution in [2.75, 3.05) is 11.9 Å². The van der Waals surface area contributed by atoms with Gasteiger partial charge in [0.05, 0.1) is 21.9 Å². The molecule has 1 aromatic heterocycles. The Morgan fingerprint density at radius 2 is 2.26 bits per heavy atom. The Morgan fingerprint density at radius 3 is 2.96 bits per heavy atom. The number of aliphatic imine (C=N–C) groups is 1. The molecule has 1 aliphatic rings. The molecule has 3 N–H and O–H groups in total. The van der Waals surface area contributed by atoms with Crippen LogP contribution in [-0.2, 0) is 4.74 Å². The van der Waals surface area contributed by atoms with E-state index in [-0.39, 0.29) is 11.9 Å². The first kappa shape index (κ1) is 15.8. The fourth-order valence-electron chi connectivity index (χ4n) is 2.26. The average Bonchev–Trinajstić information content (AvgIpc) is 2.96. The average molecular weight is 354 g/mol. The number of thiophene rings is 1. The second-order valence-corrected chi connectivity index (χ2v) is 6.63. The number of benzene rings is 1. The van der Waals surface area contributed by atoms with Gasteiger partial charge in [-0.05, 0) is 30.3 Å². The molecule has 0 saturated heterocycles. The maximum atomic E-state index is 14.1. The molecule has 2 heterocycles. The molecule has 2 aromatic rings. The van der Waals surface area contributed by atoms with Gasteiger partial charge in [0.15, 0.2) is 0 Å². The van der Waals surface area contributed by atoms with E-state index in [0.717, 1.165) is 0 Å². The summed E-state index contributed by atoms with van der Waals surface area (Å²) in [7, 11) is 0. The van der Waals surface area contributed by atoms with Crippen LogP contribution in [0.25, 0.3) is 0 Å². The van der Waals surface area contributed by atoms with E-state index in [2.05, 4.69) is 10.3 Å². The Balaban J connectivity index is 1.83. The lowest BCUT2D eigenvalue weighted by molar-refractivity contribution is 0.103. The second-order valence-electron chi connectivity index (χ2n) is 4.91. The predicted octanol–water partition coefficient (Wildman–Crippen LogP) is 3.57. The van der Waals surface area contributed by atoms with Crippen molar-refractivity contribution in [1.29, 1.82) is 0 Å². The Kier molecular flexibility index (Phi) is 4.49. The van der Waals surface area contributed by atoms with E-state index < -0.39 is 11.9 Å². The summed E-state index contributed by atoms with van der Waals surface area (Å²) in [6.07, 6.45) is 0.523. The minimum absolute atomic E-state index is 0.0447. The predicted molar refractivity (Wildman–Crippen MR) is 88.6 cm³/mol. The van der Waals surface area contributed by atoms with Gasteiger partial charge in [-0.15, -0.1) is 11.3 Å². The number of nitrogens with zero attached hydrogens (tertiary/aromatic N) is 1. The maximum absolute atomic E-state index is 14.1. The Bertz CT molecular complexity index is 778.